The first-order valence-corrected chi connectivity index (χ1v) is 8.26. The molecular formula is C15H20F6N6O4. The second-order valence-electron chi connectivity index (χ2n) is 5.61. The van der Waals surface area contributed by atoms with E-state index < -0.39 is 24.3 Å². The summed E-state index contributed by atoms with van der Waals surface area (Å²) in [5.41, 5.74) is 11.7. The van der Waals surface area contributed by atoms with Gasteiger partial charge in [-0.15, -0.1) is 0 Å². The van der Waals surface area contributed by atoms with Gasteiger partial charge >= 0.3 is 24.3 Å². The third kappa shape index (κ3) is 12.8. The van der Waals surface area contributed by atoms with Crippen LogP contribution >= 0.6 is 0 Å². The molecule has 0 saturated carbocycles. The van der Waals surface area contributed by atoms with Gasteiger partial charge < -0.3 is 31.9 Å². The molecule has 1 aromatic heterocycles. The molecule has 10 nitrogen and oxygen atoms in total. The minimum absolute atomic E-state index is 0.0317. The number of guanidine groups is 1. The van der Waals surface area contributed by atoms with Crippen LogP contribution in [0.25, 0.3) is 0 Å². The SMILES string of the molecule is NC(N)=Nc1ccc(N2CCCNCC2)cn1.O=C(O)C(F)(F)F.O=C(O)C(F)(F)F. The largest absolute Gasteiger partial charge is 0.490 e. The molecule has 1 saturated heterocycles. The van der Waals surface area contributed by atoms with Gasteiger partial charge in [0.25, 0.3) is 0 Å². The lowest BCUT2D eigenvalue weighted by Gasteiger charge is -2.21. The number of pyridine rings is 1. The van der Waals surface area contributed by atoms with Crippen LogP contribution in [-0.4, -0.2) is 71.6 Å². The number of halogens is 6. The highest BCUT2D eigenvalue weighted by molar-refractivity contribution is 5.78. The van der Waals surface area contributed by atoms with E-state index in [0.717, 1.165) is 38.3 Å². The van der Waals surface area contributed by atoms with Gasteiger partial charge in [-0.3, -0.25) is 0 Å². The number of alkyl halides is 6. The second-order valence-corrected chi connectivity index (χ2v) is 5.61. The quantitative estimate of drug-likeness (QED) is 0.245. The molecule has 16 heteroatoms. The number of aromatic nitrogens is 1. The van der Waals surface area contributed by atoms with Crippen LogP contribution < -0.4 is 21.7 Å². The zero-order valence-corrected chi connectivity index (χ0v) is 15.7. The zero-order valence-electron chi connectivity index (χ0n) is 15.7. The van der Waals surface area contributed by atoms with Gasteiger partial charge in [0.15, 0.2) is 11.8 Å². The highest BCUT2D eigenvalue weighted by Gasteiger charge is 2.38. The molecule has 0 radical (unpaired) electrons. The summed E-state index contributed by atoms with van der Waals surface area (Å²) >= 11 is 0. The Labute approximate surface area is 171 Å². The van der Waals surface area contributed by atoms with E-state index in [0.29, 0.717) is 5.82 Å². The summed E-state index contributed by atoms with van der Waals surface area (Å²) in [6.45, 7) is 4.14. The molecule has 31 heavy (non-hydrogen) atoms. The minimum Gasteiger partial charge on any atom is -0.475 e. The molecule has 1 aromatic rings. The van der Waals surface area contributed by atoms with Gasteiger partial charge in [-0.2, -0.15) is 31.3 Å². The Kier molecular flexibility index (Phi) is 11.1. The Hall–Kier alpha value is -3.30. The number of aliphatic carboxylic acids is 2. The highest BCUT2D eigenvalue weighted by Crippen LogP contribution is 2.17. The molecule has 0 spiro atoms. The molecular weight excluding hydrogens is 442 g/mol. The number of nitrogens with zero attached hydrogens (tertiary/aromatic N) is 3. The fourth-order valence-corrected chi connectivity index (χ4v) is 1.87. The highest BCUT2D eigenvalue weighted by atomic mass is 19.4. The van der Waals surface area contributed by atoms with E-state index in [-0.39, 0.29) is 5.96 Å². The monoisotopic (exact) mass is 462 g/mol. The summed E-state index contributed by atoms with van der Waals surface area (Å²) < 4.78 is 63.5. The second kappa shape index (κ2) is 12.4. The average molecular weight is 462 g/mol. The zero-order chi connectivity index (χ0) is 24.2. The first-order valence-electron chi connectivity index (χ1n) is 8.26. The van der Waals surface area contributed by atoms with Crippen molar-refractivity contribution in [3.63, 3.8) is 0 Å². The number of hydrogen-bond donors (Lipinski definition) is 5. The summed E-state index contributed by atoms with van der Waals surface area (Å²) in [6, 6.07) is 3.83. The fourth-order valence-electron chi connectivity index (χ4n) is 1.87. The van der Waals surface area contributed by atoms with Gasteiger partial charge in [0.05, 0.1) is 11.9 Å². The molecule has 2 heterocycles. The van der Waals surface area contributed by atoms with E-state index in [9.17, 15) is 26.3 Å². The number of anilines is 1. The van der Waals surface area contributed by atoms with Gasteiger partial charge in [-0.05, 0) is 25.1 Å². The fraction of sp³-hybridized carbons (Fsp3) is 0.467. The Morgan fingerprint density at radius 2 is 1.52 bits per heavy atom. The number of nitrogens with two attached hydrogens (primary N) is 2. The van der Waals surface area contributed by atoms with Crippen LogP contribution in [0.1, 0.15) is 6.42 Å². The van der Waals surface area contributed by atoms with Crippen LogP contribution in [0.15, 0.2) is 23.3 Å². The lowest BCUT2D eigenvalue weighted by atomic mass is 10.3. The standard InChI is InChI=1S/C11H18N6.2C2HF3O2/c12-11(13)16-10-3-2-9(8-15-10)17-6-1-4-14-5-7-17;2*3-2(4,5)1(6)7/h2-3,8,14H,1,4-7H2,(H4,12,13,15,16);2*(H,6,7). The number of hydrogen-bond acceptors (Lipinski definition) is 6. The maximum absolute atomic E-state index is 10.6. The Bertz CT molecular complexity index is 703. The van der Waals surface area contributed by atoms with E-state index in [4.69, 9.17) is 31.3 Å². The summed E-state index contributed by atoms with van der Waals surface area (Å²) in [5.74, 6) is -4.94. The molecule has 1 aliphatic heterocycles. The number of aliphatic imine (C=N–C) groups is 1. The Morgan fingerprint density at radius 1 is 1.00 bits per heavy atom. The van der Waals surface area contributed by atoms with Gasteiger partial charge in [-0.1, -0.05) is 0 Å². The molecule has 2 rings (SSSR count). The number of carboxylic acids is 2. The Morgan fingerprint density at radius 3 is 1.90 bits per heavy atom. The Balaban J connectivity index is 0.000000536. The lowest BCUT2D eigenvalue weighted by molar-refractivity contribution is -0.193. The summed E-state index contributed by atoms with van der Waals surface area (Å²) in [7, 11) is 0. The van der Waals surface area contributed by atoms with E-state index in [1.165, 1.54) is 0 Å². The van der Waals surface area contributed by atoms with Crippen molar-refractivity contribution in [2.75, 3.05) is 31.1 Å². The molecule has 0 unspecified atom stereocenters. The van der Waals surface area contributed by atoms with Gasteiger partial charge in [-0.25, -0.2) is 14.6 Å². The van der Waals surface area contributed by atoms with Crippen LogP contribution in [-0.2, 0) is 9.59 Å². The molecule has 0 aliphatic carbocycles. The van der Waals surface area contributed by atoms with E-state index in [2.05, 4.69) is 20.2 Å². The predicted octanol–water partition coefficient (Wildman–Crippen LogP) is 1.05. The van der Waals surface area contributed by atoms with E-state index in [1.807, 2.05) is 18.3 Å². The summed E-state index contributed by atoms with van der Waals surface area (Å²) in [5, 5.41) is 17.6. The molecule has 0 amide bonds. The van der Waals surface area contributed by atoms with Crippen LogP contribution in [0.5, 0.6) is 0 Å². The normalized spacial score (nSPS) is 14.1. The van der Waals surface area contributed by atoms with Crippen LogP contribution in [0.2, 0.25) is 0 Å². The van der Waals surface area contributed by atoms with E-state index in [1.54, 1.807) is 0 Å². The van der Waals surface area contributed by atoms with Crippen molar-refractivity contribution in [3.8, 4) is 0 Å². The van der Waals surface area contributed by atoms with Gasteiger partial charge in [0.1, 0.15) is 0 Å². The number of nitrogens with one attached hydrogen (secondary N) is 1. The topological polar surface area (TPSA) is 167 Å². The van der Waals surface area contributed by atoms with Crippen LogP contribution in [0, 0.1) is 0 Å². The number of carboxylic acid groups (broad SMARTS) is 2. The van der Waals surface area contributed by atoms with Gasteiger partial charge in [0, 0.05) is 19.6 Å². The average Bonchev–Trinajstić information content (AvgIpc) is 2.91. The third-order valence-corrected chi connectivity index (χ3v) is 3.17. The summed E-state index contributed by atoms with van der Waals surface area (Å²) in [6.07, 6.45) is -7.21. The lowest BCUT2D eigenvalue weighted by Crippen LogP contribution is -2.27. The molecule has 176 valence electrons. The first kappa shape index (κ1) is 27.7. The molecule has 7 N–H and O–H groups in total. The van der Waals surface area contributed by atoms with Crippen molar-refractivity contribution in [3.05, 3.63) is 18.3 Å². The number of carbonyl (C=O) groups is 2. The van der Waals surface area contributed by atoms with Crippen molar-refractivity contribution in [1.29, 1.82) is 0 Å². The van der Waals surface area contributed by atoms with Crippen molar-refractivity contribution in [2.24, 2.45) is 16.5 Å². The van der Waals surface area contributed by atoms with Crippen molar-refractivity contribution >= 4 is 29.4 Å². The minimum atomic E-state index is -5.08. The molecule has 0 atom stereocenters. The summed E-state index contributed by atoms with van der Waals surface area (Å²) in [4.78, 5) is 28.2. The maximum atomic E-state index is 10.6. The molecule has 0 aromatic carbocycles. The van der Waals surface area contributed by atoms with Crippen molar-refractivity contribution < 1.29 is 46.1 Å². The predicted molar refractivity (Wildman–Crippen MR) is 96.8 cm³/mol. The van der Waals surface area contributed by atoms with Crippen molar-refractivity contribution in [1.82, 2.24) is 10.3 Å². The first-order chi connectivity index (χ1) is 14.1. The smallest absolute Gasteiger partial charge is 0.475 e. The van der Waals surface area contributed by atoms with E-state index >= 15 is 0 Å². The maximum Gasteiger partial charge on any atom is 0.490 e. The van der Waals surface area contributed by atoms with Crippen LogP contribution in [0.3, 0.4) is 0 Å². The van der Waals surface area contributed by atoms with Gasteiger partial charge in [0.2, 0.25) is 0 Å². The number of rotatable bonds is 2. The van der Waals surface area contributed by atoms with Crippen LogP contribution in [0.4, 0.5) is 37.8 Å². The molecule has 0 bridgehead atoms. The third-order valence-electron chi connectivity index (χ3n) is 3.17. The van der Waals surface area contributed by atoms with Crippen molar-refractivity contribution in [2.45, 2.75) is 18.8 Å². The molecule has 1 fully saturated rings. The molecule has 1 aliphatic rings.